The number of likely N-dealkylation sites (N-methyl/N-ethyl adjacent to an activating group) is 1. The van der Waals surface area contributed by atoms with E-state index in [1.54, 1.807) is 0 Å². The Morgan fingerprint density at radius 2 is 1.68 bits per heavy atom. The van der Waals surface area contributed by atoms with Gasteiger partial charge >= 0.3 is 0 Å². The first-order valence-electron chi connectivity index (χ1n) is 6.82. The van der Waals surface area contributed by atoms with Crippen LogP contribution in [0.5, 0.6) is 0 Å². The first kappa shape index (κ1) is 12.2. The number of nitrogens with one attached hydrogen (secondary N) is 1. The molecule has 19 heavy (non-hydrogen) atoms. The molecule has 0 radical (unpaired) electrons. The van der Waals surface area contributed by atoms with E-state index in [9.17, 15) is 0 Å². The van der Waals surface area contributed by atoms with Gasteiger partial charge in [-0.3, -0.25) is 0 Å². The van der Waals surface area contributed by atoms with Crippen LogP contribution in [0.15, 0.2) is 42.5 Å². The quantitative estimate of drug-likeness (QED) is 0.853. The van der Waals surface area contributed by atoms with Crippen LogP contribution >= 0.6 is 0 Å². The van der Waals surface area contributed by atoms with Gasteiger partial charge in [0.25, 0.3) is 0 Å². The van der Waals surface area contributed by atoms with Crippen molar-refractivity contribution in [2.24, 2.45) is 0 Å². The molecule has 0 bridgehead atoms. The summed E-state index contributed by atoms with van der Waals surface area (Å²) in [4.78, 5) is 0. The molecule has 0 aliphatic heterocycles. The molecule has 3 rings (SSSR count). The topological polar surface area (TPSA) is 12.0 Å². The van der Waals surface area contributed by atoms with E-state index in [1.165, 1.54) is 27.8 Å². The van der Waals surface area contributed by atoms with Crippen LogP contribution in [0.25, 0.3) is 12.2 Å². The Labute approximate surface area is 115 Å². The lowest BCUT2D eigenvalue weighted by atomic mass is 9.87. The number of benzene rings is 2. The first-order chi connectivity index (χ1) is 9.29. The van der Waals surface area contributed by atoms with Gasteiger partial charge in [-0.05, 0) is 36.2 Å². The Morgan fingerprint density at radius 1 is 0.947 bits per heavy atom. The molecule has 0 heterocycles. The smallest absolute Gasteiger partial charge is 0.0226 e. The summed E-state index contributed by atoms with van der Waals surface area (Å²) in [5.74, 6) is 0.422. The van der Waals surface area contributed by atoms with Crippen LogP contribution in [-0.4, -0.2) is 13.6 Å². The van der Waals surface area contributed by atoms with Crippen molar-refractivity contribution in [2.75, 3.05) is 13.6 Å². The molecule has 0 aromatic heterocycles. The van der Waals surface area contributed by atoms with Gasteiger partial charge in [0.05, 0.1) is 0 Å². The summed E-state index contributed by atoms with van der Waals surface area (Å²) < 4.78 is 0. The van der Waals surface area contributed by atoms with Gasteiger partial charge < -0.3 is 5.32 Å². The fraction of sp³-hybridized carbons (Fsp3) is 0.222. The van der Waals surface area contributed by atoms with Gasteiger partial charge in [0, 0.05) is 12.5 Å². The molecular formula is C18H19N. The third-order valence-corrected chi connectivity index (χ3v) is 3.84. The SMILES string of the molecule is CNCC1c2ccccc2C=Cc2ccc(C)cc21. The summed E-state index contributed by atoms with van der Waals surface area (Å²) in [7, 11) is 2.02. The minimum Gasteiger partial charge on any atom is -0.319 e. The molecule has 1 nitrogen and oxygen atoms in total. The van der Waals surface area contributed by atoms with Crippen LogP contribution in [0.4, 0.5) is 0 Å². The van der Waals surface area contributed by atoms with Crippen molar-refractivity contribution in [1.82, 2.24) is 5.32 Å². The fourth-order valence-corrected chi connectivity index (χ4v) is 2.90. The molecule has 2 aromatic rings. The molecule has 1 unspecified atom stereocenters. The van der Waals surface area contributed by atoms with Gasteiger partial charge in [0.2, 0.25) is 0 Å². The molecule has 0 spiro atoms. The normalized spacial score (nSPS) is 16.6. The molecule has 0 saturated heterocycles. The largest absolute Gasteiger partial charge is 0.319 e. The molecule has 1 N–H and O–H groups in total. The highest BCUT2D eigenvalue weighted by atomic mass is 14.8. The Bertz CT molecular complexity index is 625. The van der Waals surface area contributed by atoms with E-state index < -0.39 is 0 Å². The fourth-order valence-electron chi connectivity index (χ4n) is 2.90. The molecule has 0 amide bonds. The van der Waals surface area contributed by atoms with Crippen molar-refractivity contribution >= 4 is 12.2 Å². The Kier molecular flexibility index (Phi) is 3.22. The molecule has 1 aliphatic rings. The predicted octanol–water partition coefficient (Wildman–Crippen LogP) is 3.83. The summed E-state index contributed by atoms with van der Waals surface area (Å²) in [6.07, 6.45) is 4.47. The number of hydrogen-bond donors (Lipinski definition) is 1. The van der Waals surface area contributed by atoms with Crippen molar-refractivity contribution in [3.8, 4) is 0 Å². The van der Waals surface area contributed by atoms with Gasteiger partial charge in [-0.15, -0.1) is 0 Å². The molecule has 2 aromatic carbocycles. The van der Waals surface area contributed by atoms with Crippen molar-refractivity contribution in [3.05, 3.63) is 70.3 Å². The predicted molar refractivity (Wildman–Crippen MR) is 82.3 cm³/mol. The summed E-state index contributed by atoms with van der Waals surface area (Å²) in [5, 5.41) is 3.34. The minimum absolute atomic E-state index is 0.422. The van der Waals surface area contributed by atoms with Crippen molar-refractivity contribution in [3.63, 3.8) is 0 Å². The molecular weight excluding hydrogens is 230 g/mol. The Hall–Kier alpha value is -1.86. The third-order valence-electron chi connectivity index (χ3n) is 3.84. The van der Waals surface area contributed by atoms with Crippen molar-refractivity contribution in [1.29, 1.82) is 0 Å². The van der Waals surface area contributed by atoms with Crippen LogP contribution in [0.3, 0.4) is 0 Å². The monoisotopic (exact) mass is 249 g/mol. The highest BCUT2D eigenvalue weighted by Crippen LogP contribution is 2.34. The lowest BCUT2D eigenvalue weighted by Gasteiger charge is -2.20. The van der Waals surface area contributed by atoms with Crippen LogP contribution in [0.1, 0.15) is 33.7 Å². The minimum atomic E-state index is 0.422. The second-order valence-corrected chi connectivity index (χ2v) is 5.20. The van der Waals surface area contributed by atoms with Crippen LogP contribution in [0.2, 0.25) is 0 Å². The summed E-state index contributed by atoms with van der Waals surface area (Å²) in [5.41, 5.74) is 6.83. The first-order valence-corrected chi connectivity index (χ1v) is 6.82. The number of fused-ring (bicyclic) bond motifs is 2. The van der Waals surface area contributed by atoms with E-state index in [4.69, 9.17) is 0 Å². The third kappa shape index (κ3) is 2.22. The van der Waals surface area contributed by atoms with E-state index in [-0.39, 0.29) is 0 Å². The molecule has 1 heteroatoms. The number of aryl methyl sites for hydroxylation is 1. The van der Waals surface area contributed by atoms with E-state index >= 15 is 0 Å². The highest BCUT2D eigenvalue weighted by molar-refractivity contribution is 5.76. The molecule has 0 fully saturated rings. The Balaban J connectivity index is 2.22. The van der Waals surface area contributed by atoms with Crippen LogP contribution in [0, 0.1) is 6.92 Å². The molecule has 96 valence electrons. The molecule has 0 saturated carbocycles. The number of hydrogen-bond acceptors (Lipinski definition) is 1. The maximum atomic E-state index is 3.34. The molecule has 1 aliphatic carbocycles. The maximum absolute atomic E-state index is 3.34. The highest BCUT2D eigenvalue weighted by Gasteiger charge is 2.20. The summed E-state index contributed by atoms with van der Waals surface area (Å²) >= 11 is 0. The second kappa shape index (κ2) is 5.02. The Morgan fingerprint density at radius 3 is 2.47 bits per heavy atom. The lowest BCUT2D eigenvalue weighted by Crippen LogP contribution is -2.19. The van der Waals surface area contributed by atoms with Gasteiger partial charge in [-0.1, -0.05) is 60.2 Å². The van der Waals surface area contributed by atoms with Crippen molar-refractivity contribution < 1.29 is 0 Å². The van der Waals surface area contributed by atoms with E-state index in [0.717, 1.165) is 6.54 Å². The van der Waals surface area contributed by atoms with Gasteiger partial charge in [0.15, 0.2) is 0 Å². The van der Waals surface area contributed by atoms with Crippen LogP contribution in [-0.2, 0) is 0 Å². The lowest BCUT2D eigenvalue weighted by molar-refractivity contribution is 0.707. The standard InChI is InChI=1S/C18H19N/c1-13-7-8-15-10-9-14-5-3-4-6-16(14)18(12-19-2)17(15)11-13/h3-11,18-19H,12H2,1-2H3. The molecule has 1 atom stereocenters. The maximum Gasteiger partial charge on any atom is 0.0226 e. The summed E-state index contributed by atoms with van der Waals surface area (Å²) in [6, 6.07) is 15.4. The van der Waals surface area contributed by atoms with E-state index in [0.29, 0.717) is 5.92 Å². The van der Waals surface area contributed by atoms with Gasteiger partial charge in [-0.25, -0.2) is 0 Å². The van der Waals surface area contributed by atoms with Gasteiger partial charge in [0.1, 0.15) is 0 Å². The average Bonchev–Trinajstić information content (AvgIpc) is 2.58. The van der Waals surface area contributed by atoms with E-state index in [2.05, 4.69) is 66.9 Å². The van der Waals surface area contributed by atoms with Crippen LogP contribution < -0.4 is 5.32 Å². The zero-order valence-corrected chi connectivity index (χ0v) is 11.5. The van der Waals surface area contributed by atoms with E-state index in [1.807, 2.05) is 7.05 Å². The zero-order valence-electron chi connectivity index (χ0n) is 11.5. The zero-order chi connectivity index (χ0) is 13.2. The second-order valence-electron chi connectivity index (χ2n) is 5.20. The summed E-state index contributed by atoms with van der Waals surface area (Å²) in [6.45, 7) is 3.13. The average molecular weight is 249 g/mol. The van der Waals surface area contributed by atoms with Gasteiger partial charge in [-0.2, -0.15) is 0 Å². The van der Waals surface area contributed by atoms with Crippen molar-refractivity contribution in [2.45, 2.75) is 12.8 Å². The number of rotatable bonds is 2.